The Hall–Kier alpha value is -7.24. The maximum atomic E-state index is 13.0. The van der Waals surface area contributed by atoms with Gasteiger partial charge in [-0.2, -0.15) is 8.42 Å². The molecule has 3 aliphatic heterocycles. The van der Waals surface area contributed by atoms with E-state index in [0.29, 0.717) is 11.8 Å². The first-order chi connectivity index (χ1) is 38.3. The monoisotopic (exact) mass is 1210 g/mol. The third kappa shape index (κ3) is 21.6. The maximum absolute atomic E-state index is 13.0. The summed E-state index contributed by atoms with van der Waals surface area (Å²) in [7, 11) is -5.29. The van der Waals surface area contributed by atoms with Gasteiger partial charge in [0.25, 0.3) is 0 Å². The van der Waals surface area contributed by atoms with Gasteiger partial charge in [0.2, 0.25) is 12.4 Å². The molecule has 15 atom stereocenters. The number of thioether (sulfide) groups is 1. The summed E-state index contributed by atoms with van der Waals surface area (Å²) in [6, 6.07) is 5.33. The van der Waals surface area contributed by atoms with Crippen molar-refractivity contribution >= 4 is 92.9 Å². The minimum absolute atomic E-state index is 0.0995. The van der Waals surface area contributed by atoms with Gasteiger partial charge in [-0.05, 0) is 17.7 Å². The Kier molecular flexibility index (Phi) is 25.2. The fraction of sp³-hybridized carbons (Fsp3) is 0.625. The van der Waals surface area contributed by atoms with Gasteiger partial charge in [0.05, 0.1) is 0 Å². The highest BCUT2D eigenvalue weighted by molar-refractivity contribution is 8.14. The molecule has 0 radical (unpaired) electrons. The number of oxime groups is 1. The number of hydrogen-bond donors (Lipinski definition) is 1. The van der Waals surface area contributed by atoms with Crippen LogP contribution in [-0.4, -0.2) is 195 Å². The highest BCUT2D eigenvalue weighted by atomic mass is 32.3. The Labute approximate surface area is 471 Å². The molecule has 32 nitrogen and oxygen atoms in total. The first kappa shape index (κ1) is 67.3. The summed E-state index contributed by atoms with van der Waals surface area (Å²) in [5.41, 5.74) is -1.31. The van der Waals surface area contributed by atoms with Crippen LogP contribution in [0.4, 0.5) is 0 Å². The second-order valence-electron chi connectivity index (χ2n) is 17.8. The number of carbonyl (C=O) groups excluding carboxylic acids is 11. The lowest BCUT2D eigenvalue weighted by Gasteiger charge is -2.48. The van der Waals surface area contributed by atoms with E-state index in [2.05, 4.69) is 9.44 Å². The van der Waals surface area contributed by atoms with Gasteiger partial charge in [-0.1, -0.05) is 29.1 Å². The Morgan fingerprint density at radius 2 is 0.793 bits per heavy atom. The minimum atomic E-state index is -5.29. The second kappa shape index (κ2) is 30.7. The number of nitrogens with zero attached hydrogens (tertiary/aromatic N) is 1. The molecule has 82 heavy (non-hydrogen) atoms. The van der Waals surface area contributed by atoms with Gasteiger partial charge in [0.15, 0.2) is 49.0 Å². The molecule has 0 bridgehead atoms. The molecule has 4 rings (SSSR count). The van der Waals surface area contributed by atoms with Crippen molar-refractivity contribution in [2.75, 3.05) is 19.8 Å². The van der Waals surface area contributed by atoms with Crippen molar-refractivity contribution in [3.8, 4) is 5.75 Å². The fourth-order valence-corrected chi connectivity index (χ4v) is 9.54. The topological polar surface area (TPSA) is 411 Å². The Morgan fingerprint density at radius 3 is 1.21 bits per heavy atom. The van der Waals surface area contributed by atoms with Crippen LogP contribution < -0.4 is 4.74 Å². The van der Waals surface area contributed by atoms with Crippen LogP contribution >= 0.6 is 11.8 Å². The number of ether oxygens (including phenoxy) is 16. The van der Waals surface area contributed by atoms with Crippen molar-refractivity contribution in [1.82, 2.24) is 0 Å². The van der Waals surface area contributed by atoms with E-state index in [0.717, 1.165) is 76.2 Å². The Morgan fingerprint density at radius 1 is 0.451 bits per heavy atom. The first-order valence-electron chi connectivity index (χ1n) is 24.3. The summed E-state index contributed by atoms with van der Waals surface area (Å²) < 4.78 is 128. The molecule has 3 fully saturated rings. The van der Waals surface area contributed by atoms with Crippen LogP contribution in [-0.2, 0) is 145 Å². The molecule has 1 aromatic carbocycles. The molecule has 0 amide bonds. The molecule has 3 saturated heterocycles. The summed E-state index contributed by atoms with van der Waals surface area (Å²) in [5.74, 6) is -10.4. The van der Waals surface area contributed by atoms with Gasteiger partial charge in [-0.25, -0.2) is 4.28 Å². The van der Waals surface area contributed by atoms with Gasteiger partial charge in [-0.3, -0.25) is 57.3 Å². The van der Waals surface area contributed by atoms with E-state index >= 15 is 0 Å². The standard InChI is InChI=1S/C48H61NO31S2/c1-20(50)64-17-33-37(67-23(4)53)40(69-25(6)55)44(73-29(10)59)47(77-33)79-39-34(18-65-21(2)51)76-46(43(72-28(9)58)41(39)70-26(7)56)75-32-14-12-31(13-15-32)16-36(49-80-82(61,62)63)81-48-45(74-30(11)60)42(71-27(8)57)38(68-24(5)54)35(78-48)19-66-22(3)52/h12-15,33-35,37-48H,16-19H2,1-11H3,(H,61,62,63)/b49-36+/t33-,34-,35-,37-,38-,39-,40+,41+,42+,43-,44-,45-,46-,47+,48+/m1/s1. The Balaban J connectivity index is 1.77. The van der Waals surface area contributed by atoms with Gasteiger partial charge in [0, 0.05) is 82.6 Å². The number of benzene rings is 1. The zero-order valence-electron chi connectivity index (χ0n) is 45.8. The summed E-state index contributed by atoms with van der Waals surface area (Å²) in [5, 5.41) is 3.20. The average molecular weight is 1210 g/mol. The number of esters is 11. The van der Waals surface area contributed by atoms with Crippen molar-refractivity contribution in [3.63, 3.8) is 0 Å². The number of rotatable bonds is 23. The predicted octanol–water partition coefficient (Wildman–Crippen LogP) is 0.177. The zero-order chi connectivity index (χ0) is 61.3. The summed E-state index contributed by atoms with van der Waals surface area (Å²) >= 11 is 0.509. The van der Waals surface area contributed by atoms with Crippen LogP contribution in [0.1, 0.15) is 81.7 Å². The smallest absolute Gasteiger partial charge is 0.463 e. The van der Waals surface area contributed by atoms with Gasteiger partial charge < -0.3 is 75.8 Å². The molecule has 3 aliphatic rings. The molecular weight excluding hydrogens is 1150 g/mol. The summed E-state index contributed by atoms with van der Waals surface area (Å²) in [6.45, 7) is 8.98. The van der Waals surface area contributed by atoms with E-state index < -0.39 is 194 Å². The Bertz CT molecular complexity index is 2650. The van der Waals surface area contributed by atoms with Crippen molar-refractivity contribution in [3.05, 3.63) is 29.8 Å². The van der Waals surface area contributed by atoms with Crippen LogP contribution in [0.2, 0.25) is 0 Å². The molecule has 0 saturated carbocycles. The van der Waals surface area contributed by atoms with E-state index in [4.69, 9.17) is 75.8 Å². The number of carbonyl (C=O) groups is 11. The van der Waals surface area contributed by atoms with E-state index in [1.54, 1.807) is 0 Å². The fourth-order valence-electron chi connectivity index (χ4n) is 8.16. The summed E-state index contributed by atoms with van der Waals surface area (Å²) in [4.78, 5) is 137. The maximum Gasteiger partial charge on any atom is 0.466 e. The van der Waals surface area contributed by atoms with E-state index in [-0.39, 0.29) is 16.4 Å². The quantitative estimate of drug-likeness (QED) is 0.0381. The molecule has 34 heteroatoms. The first-order valence-corrected chi connectivity index (χ1v) is 26.6. The average Bonchev–Trinajstić information content (AvgIpc) is 3.49. The van der Waals surface area contributed by atoms with E-state index in [1.165, 1.54) is 24.3 Å². The van der Waals surface area contributed by atoms with Gasteiger partial charge >= 0.3 is 76.1 Å². The zero-order valence-corrected chi connectivity index (χ0v) is 47.4. The molecule has 1 N–H and O–H groups in total. The molecule has 3 heterocycles. The third-order valence-corrected chi connectivity index (χ3v) is 12.2. The molecule has 1 aromatic rings. The molecule has 0 unspecified atom stereocenters. The third-order valence-electron chi connectivity index (χ3n) is 10.9. The van der Waals surface area contributed by atoms with Gasteiger partial charge in [-0.15, -0.1) is 0 Å². The van der Waals surface area contributed by atoms with Gasteiger partial charge in [0.1, 0.15) is 60.5 Å². The molecule has 0 aromatic heterocycles. The van der Waals surface area contributed by atoms with Crippen LogP contribution in [0.15, 0.2) is 29.4 Å². The van der Waals surface area contributed by atoms with Crippen LogP contribution in [0, 0.1) is 0 Å². The van der Waals surface area contributed by atoms with Crippen molar-refractivity contribution in [2.24, 2.45) is 5.16 Å². The lowest BCUT2D eigenvalue weighted by Crippen LogP contribution is -2.67. The molecule has 0 aliphatic carbocycles. The van der Waals surface area contributed by atoms with Crippen molar-refractivity contribution in [2.45, 2.75) is 174 Å². The SMILES string of the molecule is CC(=O)OC[C@H]1O[C@@H](S/C(Cc2ccc(O[C@@H]3O[C@H](COC(C)=O)[C@@H](O[C@@H]4O[C@H](COC(C)=O)[C@@H](OC(C)=O)[C@H](OC(C)=O)[C@H]4OC(C)=O)[C@H](OC(C)=O)[C@H]3OC(C)=O)cc2)=N/OS(=O)(=O)O)[C@H](OC(C)=O)[C@@H](OC(C)=O)[C@@H]1OC(C)=O. The highest BCUT2D eigenvalue weighted by Crippen LogP contribution is 2.38. The number of hydrogen-bond acceptors (Lipinski definition) is 32. The lowest BCUT2D eigenvalue weighted by molar-refractivity contribution is -0.354. The van der Waals surface area contributed by atoms with Crippen molar-refractivity contribution < 1.29 is 146 Å². The van der Waals surface area contributed by atoms with Crippen molar-refractivity contribution in [1.29, 1.82) is 0 Å². The normalized spacial score (nSPS) is 28.0. The van der Waals surface area contributed by atoms with Crippen LogP contribution in [0.25, 0.3) is 0 Å². The minimum Gasteiger partial charge on any atom is -0.463 e. The predicted molar refractivity (Wildman–Crippen MR) is 264 cm³/mol. The molecular formula is C48H61NO31S2. The van der Waals surface area contributed by atoms with Crippen LogP contribution in [0.5, 0.6) is 5.75 Å². The molecule has 456 valence electrons. The van der Waals surface area contributed by atoms with E-state index in [9.17, 15) is 65.7 Å². The van der Waals surface area contributed by atoms with E-state index in [1.807, 2.05) is 0 Å². The molecule has 0 spiro atoms. The van der Waals surface area contributed by atoms with Crippen LogP contribution in [0.3, 0.4) is 0 Å². The summed E-state index contributed by atoms with van der Waals surface area (Å²) in [6.07, 6.45) is -24.3. The lowest BCUT2D eigenvalue weighted by atomic mass is 9.96. The largest absolute Gasteiger partial charge is 0.466 e. The highest BCUT2D eigenvalue weighted by Gasteiger charge is 2.58. The second-order valence-corrected chi connectivity index (χ2v) is 19.9.